The molecule has 0 radical (unpaired) electrons. The quantitative estimate of drug-likeness (QED) is 0.108. The molecule has 0 aliphatic rings. The van der Waals surface area contributed by atoms with Gasteiger partial charge in [-0.1, -0.05) is 202 Å². The van der Waals surface area contributed by atoms with E-state index in [1.54, 1.807) is 0 Å². The van der Waals surface area contributed by atoms with Crippen LogP contribution in [0.4, 0.5) is 0 Å². The molecular formula is C67H66N3OPt-3. The van der Waals surface area contributed by atoms with Crippen LogP contribution in [0.2, 0.25) is 0 Å². The molecule has 0 fully saturated rings. The van der Waals surface area contributed by atoms with Gasteiger partial charge in [0.25, 0.3) is 0 Å². The van der Waals surface area contributed by atoms with Crippen molar-refractivity contribution in [1.82, 2.24) is 14.1 Å². The number of hydrogen-bond donors (Lipinski definition) is 0. The SMILES string of the molecule is CC(C)c1cc(C(C)C)c(-c2ccnc(-n3c4[c-]c(Oc5[c-]c(-n6[c-]c(-c7ccccc7)c7ccccc76)cc(-c6cc(C(C)C)c(C(C)C)cc6C(C)C)c5)ccc4c4ccccc43)c2)c(C(C)C)c1.[Pt]. The van der Waals surface area contributed by atoms with Gasteiger partial charge in [0.1, 0.15) is 5.82 Å². The molecule has 368 valence electrons. The van der Waals surface area contributed by atoms with Gasteiger partial charge in [0, 0.05) is 44.3 Å². The number of para-hydroxylation sites is 2. The van der Waals surface area contributed by atoms with Crippen molar-refractivity contribution in [1.29, 1.82) is 0 Å². The van der Waals surface area contributed by atoms with E-state index in [0.717, 1.165) is 60.9 Å². The van der Waals surface area contributed by atoms with Crippen molar-refractivity contribution in [3.63, 3.8) is 0 Å². The van der Waals surface area contributed by atoms with Gasteiger partial charge in [-0.15, -0.1) is 34.8 Å². The molecule has 0 aliphatic heterocycles. The molecule has 10 rings (SSSR count). The second-order valence-corrected chi connectivity index (χ2v) is 21.3. The Labute approximate surface area is 442 Å². The largest absolute Gasteiger partial charge is 0.510 e. The van der Waals surface area contributed by atoms with Crippen LogP contribution >= 0.6 is 0 Å². The van der Waals surface area contributed by atoms with Crippen LogP contribution in [-0.2, 0) is 21.1 Å². The molecule has 0 atom stereocenters. The van der Waals surface area contributed by atoms with Gasteiger partial charge in [-0.3, -0.25) is 0 Å². The first kappa shape index (κ1) is 50.5. The standard InChI is InChI=1S/C67H66N3O.Pt/c1-40(2)48-32-59(44(9)10)67(60(33-48)45(11)12)47-28-29-68-66(34-47)70-64-25-19-17-22-53(64)55-27-26-51(36-65(55)70)71-52-31-49(61-38-57(42(5)6)56(41(3)4)37-58(61)43(7)8)30-50(35-52)69-39-62(46-20-14-13-15-21-46)54-23-16-18-24-63(54)69;/h13-34,37-38,40-45H,1-12H3;/q-3;. The minimum absolute atomic E-state index is 0. The number of benzene rings is 7. The second-order valence-electron chi connectivity index (χ2n) is 21.3. The van der Waals surface area contributed by atoms with Crippen molar-refractivity contribution in [2.75, 3.05) is 0 Å². The van der Waals surface area contributed by atoms with E-state index in [1.807, 2.05) is 12.3 Å². The van der Waals surface area contributed by atoms with Crippen LogP contribution in [0.25, 0.3) is 77.6 Å². The van der Waals surface area contributed by atoms with E-state index < -0.39 is 0 Å². The van der Waals surface area contributed by atoms with Crippen molar-refractivity contribution in [3.05, 3.63) is 197 Å². The number of hydrogen-bond acceptors (Lipinski definition) is 2. The van der Waals surface area contributed by atoms with Gasteiger partial charge in [-0.2, -0.15) is 18.2 Å². The van der Waals surface area contributed by atoms with Crippen LogP contribution in [0.5, 0.6) is 11.5 Å². The minimum Gasteiger partial charge on any atom is -0.510 e. The van der Waals surface area contributed by atoms with Gasteiger partial charge in [-0.25, -0.2) is 4.98 Å². The molecule has 0 saturated carbocycles. The summed E-state index contributed by atoms with van der Waals surface area (Å²) in [7, 11) is 0. The molecule has 0 aliphatic carbocycles. The normalized spacial score (nSPS) is 12.0. The first-order valence-corrected chi connectivity index (χ1v) is 25.8. The van der Waals surface area contributed by atoms with Gasteiger partial charge in [0.15, 0.2) is 0 Å². The third-order valence-electron chi connectivity index (χ3n) is 14.4. The topological polar surface area (TPSA) is 32.0 Å². The zero-order valence-electron chi connectivity index (χ0n) is 43.9. The first-order valence-electron chi connectivity index (χ1n) is 25.8. The third-order valence-corrected chi connectivity index (χ3v) is 14.4. The molecule has 0 amide bonds. The van der Waals surface area contributed by atoms with E-state index in [1.165, 1.54) is 50.1 Å². The number of rotatable bonds is 13. The summed E-state index contributed by atoms with van der Waals surface area (Å²) >= 11 is 0. The van der Waals surface area contributed by atoms with Gasteiger partial charge in [0.05, 0.1) is 0 Å². The Morgan fingerprint density at radius 2 is 1.07 bits per heavy atom. The molecule has 7 aromatic carbocycles. The van der Waals surface area contributed by atoms with E-state index in [9.17, 15) is 0 Å². The zero-order chi connectivity index (χ0) is 49.8. The maximum absolute atomic E-state index is 7.08. The first-order chi connectivity index (χ1) is 34.2. The van der Waals surface area contributed by atoms with E-state index in [4.69, 9.17) is 9.72 Å². The average molecular weight is 1120 g/mol. The fraction of sp³-hybridized carbons (Fsp3) is 0.269. The summed E-state index contributed by atoms with van der Waals surface area (Å²) < 4.78 is 11.5. The Bertz CT molecular complexity index is 3560. The molecule has 0 saturated heterocycles. The number of aromatic nitrogens is 3. The maximum Gasteiger partial charge on any atom is 0.136 e. The van der Waals surface area contributed by atoms with Crippen LogP contribution in [-0.4, -0.2) is 14.1 Å². The molecule has 0 bridgehead atoms. The van der Waals surface area contributed by atoms with Gasteiger partial charge >= 0.3 is 0 Å². The number of nitrogens with zero attached hydrogens (tertiary/aromatic N) is 3. The van der Waals surface area contributed by atoms with Crippen LogP contribution in [0.15, 0.2) is 146 Å². The van der Waals surface area contributed by atoms with Crippen LogP contribution in [0.3, 0.4) is 0 Å². The molecule has 10 aromatic rings. The van der Waals surface area contributed by atoms with Crippen molar-refractivity contribution in [3.8, 4) is 56.4 Å². The van der Waals surface area contributed by atoms with Crippen LogP contribution in [0, 0.1) is 18.3 Å². The Morgan fingerprint density at radius 1 is 0.458 bits per heavy atom. The molecule has 0 spiro atoms. The Kier molecular flexibility index (Phi) is 14.4. The number of pyridine rings is 1. The summed E-state index contributed by atoms with van der Waals surface area (Å²) in [5.74, 6) is 4.23. The summed E-state index contributed by atoms with van der Waals surface area (Å²) in [6, 6.07) is 58.1. The van der Waals surface area contributed by atoms with Crippen molar-refractivity contribution in [2.45, 2.75) is 119 Å². The summed E-state index contributed by atoms with van der Waals surface area (Å²) in [5, 5.41) is 3.35. The Morgan fingerprint density at radius 3 is 1.72 bits per heavy atom. The summed E-state index contributed by atoms with van der Waals surface area (Å²) in [5.41, 5.74) is 19.0. The van der Waals surface area contributed by atoms with E-state index in [0.29, 0.717) is 47.0 Å². The summed E-state index contributed by atoms with van der Waals surface area (Å²) in [4.78, 5) is 5.10. The van der Waals surface area contributed by atoms with Gasteiger partial charge < -0.3 is 13.9 Å². The summed E-state index contributed by atoms with van der Waals surface area (Å²) in [6.45, 7) is 27.6. The van der Waals surface area contributed by atoms with Gasteiger partial charge in [0.2, 0.25) is 0 Å². The zero-order valence-corrected chi connectivity index (χ0v) is 46.2. The van der Waals surface area contributed by atoms with E-state index in [-0.39, 0.29) is 21.1 Å². The van der Waals surface area contributed by atoms with E-state index >= 15 is 0 Å². The predicted octanol–water partition coefficient (Wildman–Crippen LogP) is 19.1. The number of fused-ring (bicyclic) bond motifs is 4. The maximum atomic E-state index is 7.08. The average Bonchev–Trinajstić information content (AvgIpc) is 3.92. The fourth-order valence-electron chi connectivity index (χ4n) is 10.6. The second kappa shape index (κ2) is 20.6. The smallest absolute Gasteiger partial charge is 0.136 e. The van der Waals surface area contributed by atoms with Crippen molar-refractivity contribution >= 4 is 32.7 Å². The molecule has 4 nitrogen and oxygen atoms in total. The molecule has 0 unspecified atom stereocenters. The molecule has 5 heteroatoms. The van der Waals surface area contributed by atoms with Crippen LogP contribution in [0.1, 0.15) is 152 Å². The molecule has 3 heterocycles. The van der Waals surface area contributed by atoms with Gasteiger partial charge in [-0.05, 0) is 121 Å². The fourth-order valence-corrected chi connectivity index (χ4v) is 10.6. The van der Waals surface area contributed by atoms with Crippen LogP contribution < -0.4 is 4.74 Å². The Balaban J connectivity index is 0.00000640. The monoisotopic (exact) mass is 1120 g/mol. The molecule has 0 N–H and O–H groups in total. The van der Waals surface area contributed by atoms with Crippen molar-refractivity contribution in [2.24, 2.45) is 0 Å². The third kappa shape index (κ3) is 9.40. The minimum atomic E-state index is 0. The Hall–Kier alpha value is -6.48. The summed E-state index contributed by atoms with van der Waals surface area (Å²) in [6.07, 6.45) is 5.77. The molecular weight excluding hydrogens is 1060 g/mol. The molecule has 72 heavy (non-hydrogen) atoms. The number of ether oxygens (including phenoxy) is 1. The predicted molar refractivity (Wildman–Crippen MR) is 299 cm³/mol. The molecule has 3 aromatic heterocycles. The van der Waals surface area contributed by atoms with Crippen molar-refractivity contribution < 1.29 is 25.8 Å². The van der Waals surface area contributed by atoms with E-state index in [2.05, 4.69) is 244 Å².